The zero-order chi connectivity index (χ0) is 21.0. The molecular weight excluding hydrogens is 394 g/mol. The topological polar surface area (TPSA) is 85.7 Å². The zero-order valence-corrected chi connectivity index (χ0v) is 17.2. The Morgan fingerprint density at radius 3 is 2.76 bits per heavy atom. The molecule has 6 nitrogen and oxygen atoms in total. The number of methoxy groups -OCH3 is 1. The van der Waals surface area contributed by atoms with Crippen molar-refractivity contribution in [3.05, 3.63) is 52.7 Å². The Hall–Kier alpha value is -2.60. The molecule has 0 aliphatic heterocycles. The molecule has 154 valence electrons. The van der Waals surface area contributed by atoms with Crippen LogP contribution in [0.5, 0.6) is 11.6 Å². The van der Waals surface area contributed by atoms with Crippen LogP contribution in [-0.4, -0.2) is 35.6 Å². The second-order valence-electron chi connectivity index (χ2n) is 7.33. The van der Waals surface area contributed by atoms with E-state index in [0.29, 0.717) is 35.8 Å². The van der Waals surface area contributed by atoms with E-state index in [0.717, 1.165) is 12.0 Å². The first kappa shape index (κ1) is 21.1. The van der Waals surface area contributed by atoms with E-state index in [1.54, 1.807) is 12.1 Å². The number of carbonyl (C=O) groups excluding carboxylic acids is 1. The van der Waals surface area contributed by atoms with Crippen LogP contribution in [0.15, 0.2) is 36.5 Å². The molecule has 3 rings (SSSR count). The van der Waals surface area contributed by atoms with Crippen molar-refractivity contribution in [2.75, 3.05) is 13.7 Å². The fraction of sp³-hybridized carbons (Fsp3) is 0.409. The lowest BCUT2D eigenvalue weighted by Gasteiger charge is -2.13. The van der Waals surface area contributed by atoms with Crippen LogP contribution in [0.25, 0.3) is 0 Å². The Balaban J connectivity index is 1.69. The monoisotopic (exact) mass is 417 g/mol. The van der Waals surface area contributed by atoms with Gasteiger partial charge in [-0.15, -0.1) is 0 Å². The van der Waals surface area contributed by atoms with E-state index in [1.807, 2.05) is 25.1 Å². The van der Waals surface area contributed by atoms with Gasteiger partial charge in [0.1, 0.15) is 0 Å². The molecule has 2 aromatic rings. The molecule has 0 spiro atoms. The van der Waals surface area contributed by atoms with Crippen LogP contribution >= 0.6 is 11.6 Å². The summed E-state index contributed by atoms with van der Waals surface area (Å²) in [5.74, 6) is -0.482. The number of aromatic nitrogens is 1. The molecule has 0 unspecified atom stereocenters. The number of nitrogens with zero attached hydrogens (tertiary/aromatic N) is 1. The molecule has 1 aromatic heterocycles. The van der Waals surface area contributed by atoms with E-state index in [1.165, 1.54) is 13.3 Å². The van der Waals surface area contributed by atoms with Gasteiger partial charge in [0.15, 0.2) is 11.5 Å². The molecule has 1 fully saturated rings. The molecule has 2 atom stereocenters. The minimum Gasteiger partial charge on any atom is -0.488 e. The minimum atomic E-state index is -0.945. The molecule has 0 bridgehead atoms. The highest BCUT2D eigenvalue weighted by Crippen LogP contribution is 2.57. The van der Waals surface area contributed by atoms with Gasteiger partial charge < -0.3 is 14.6 Å². The average Bonchev–Trinajstić information content (AvgIpc) is 3.42. The maximum absolute atomic E-state index is 12.7. The van der Waals surface area contributed by atoms with Crippen LogP contribution in [0.4, 0.5) is 0 Å². The zero-order valence-electron chi connectivity index (χ0n) is 16.5. The molecule has 29 heavy (non-hydrogen) atoms. The Labute approximate surface area is 174 Å². The summed E-state index contributed by atoms with van der Waals surface area (Å²) in [6.45, 7) is 2.30. The number of ketones is 1. The third-order valence-corrected chi connectivity index (χ3v) is 5.73. The number of carboxylic acid groups (broad SMARTS) is 1. The van der Waals surface area contributed by atoms with Gasteiger partial charge in [0.25, 0.3) is 5.88 Å². The van der Waals surface area contributed by atoms with E-state index >= 15 is 0 Å². The van der Waals surface area contributed by atoms with Crippen molar-refractivity contribution in [3.8, 4) is 11.6 Å². The number of carbonyl (C=O) groups is 2. The van der Waals surface area contributed by atoms with E-state index < -0.39 is 11.4 Å². The van der Waals surface area contributed by atoms with Crippen molar-refractivity contribution in [2.45, 2.75) is 32.6 Å². The smallest absolute Gasteiger partial charge is 0.310 e. The van der Waals surface area contributed by atoms with Gasteiger partial charge >= 0.3 is 5.97 Å². The summed E-state index contributed by atoms with van der Waals surface area (Å²) in [5.41, 5.74) is 0.407. The van der Waals surface area contributed by atoms with Gasteiger partial charge in [0, 0.05) is 29.6 Å². The van der Waals surface area contributed by atoms with Gasteiger partial charge in [-0.25, -0.2) is 4.98 Å². The molecule has 1 N–H and O–H groups in total. The molecule has 1 aliphatic carbocycles. The standard InChI is InChI=1S/C22H24ClNO5/c1-3-16-11-22(16,21(26)27)12-18(25)15-10-19(20(28-2)24-13-15)29-8-7-14-5-4-6-17(23)9-14/h4-6,9-10,13,16H,3,7-8,11-12H2,1-2H3,(H,26,27)/t16-,22-/m1/s1. The number of benzene rings is 1. The molecule has 7 heteroatoms. The van der Waals surface area contributed by atoms with Crippen LogP contribution in [0.2, 0.25) is 5.02 Å². The first-order valence-corrected chi connectivity index (χ1v) is 9.95. The van der Waals surface area contributed by atoms with Crippen molar-refractivity contribution < 1.29 is 24.2 Å². The normalized spacial score (nSPS) is 20.2. The average molecular weight is 418 g/mol. The van der Waals surface area contributed by atoms with Crippen LogP contribution in [0.1, 0.15) is 42.1 Å². The predicted octanol–water partition coefficient (Wildman–Crippen LogP) is 4.44. The molecule has 1 aromatic carbocycles. The highest BCUT2D eigenvalue weighted by Gasteiger charge is 2.60. The lowest BCUT2D eigenvalue weighted by molar-refractivity contribution is -0.143. The van der Waals surface area contributed by atoms with Gasteiger partial charge in [0.05, 0.1) is 19.1 Å². The number of halogens is 1. The van der Waals surface area contributed by atoms with Crippen LogP contribution in [0.3, 0.4) is 0 Å². The predicted molar refractivity (Wildman–Crippen MR) is 109 cm³/mol. The third kappa shape index (κ3) is 4.70. The van der Waals surface area contributed by atoms with Crippen LogP contribution in [-0.2, 0) is 11.2 Å². The largest absolute Gasteiger partial charge is 0.488 e. The van der Waals surface area contributed by atoms with Crippen LogP contribution in [0, 0.1) is 11.3 Å². The summed E-state index contributed by atoms with van der Waals surface area (Å²) in [7, 11) is 1.48. The molecule has 1 aliphatic rings. The van der Waals surface area contributed by atoms with Gasteiger partial charge in [-0.2, -0.15) is 0 Å². The van der Waals surface area contributed by atoms with Crippen molar-refractivity contribution in [1.29, 1.82) is 0 Å². The quantitative estimate of drug-likeness (QED) is 0.575. The van der Waals surface area contributed by atoms with Gasteiger partial charge in [-0.1, -0.05) is 37.1 Å². The van der Waals surface area contributed by atoms with Gasteiger partial charge in [0.2, 0.25) is 0 Å². The molecule has 0 amide bonds. The number of rotatable bonds is 10. The molecule has 0 radical (unpaired) electrons. The highest BCUT2D eigenvalue weighted by molar-refractivity contribution is 6.30. The molecule has 1 saturated carbocycles. The summed E-state index contributed by atoms with van der Waals surface area (Å²) in [4.78, 5) is 28.6. The molecule has 0 saturated heterocycles. The number of pyridine rings is 1. The third-order valence-electron chi connectivity index (χ3n) is 5.50. The Bertz CT molecular complexity index is 916. The summed E-state index contributed by atoms with van der Waals surface area (Å²) >= 11 is 5.99. The fourth-order valence-corrected chi connectivity index (χ4v) is 3.88. The van der Waals surface area contributed by atoms with E-state index in [-0.39, 0.29) is 24.0 Å². The summed E-state index contributed by atoms with van der Waals surface area (Å²) in [6, 6.07) is 9.08. The van der Waals surface area contributed by atoms with Crippen molar-refractivity contribution >= 4 is 23.4 Å². The highest BCUT2D eigenvalue weighted by atomic mass is 35.5. The van der Waals surface area contributed by atoms with Gasteiger partial charge in [-0.05, 0) is 36.1 Å². The fourth-order valence-electron chi connectivity index (χ4n) is 3.67. The van der Waals surface area contributed by atoms with E-state index in [4.69, 9.17) is 21.1 Å². The lowest BCUT2D eigenvalue weighted by Crippen LogP contribution is -2.22. The summed E-state index contributed by atoms with van der Waals surface area (Å²) < 4.78 is 11.0. The Morgan fingerprint density at radius 2 is 2.14 bits per heavy atom. The summed E-state index contributed by atoms with van der Waals surface area (Å²) in [6.07, 6.45) is 3.29. The van der Waals surface area contributed by atoms with Crippen molar-refractivity contribution in [2.24, 2.45) is 11.3 Å². The number of hydrogen-bond acceptors (Lipinski definition) is 5. The Kier molecular flexibility index (Phi) is 6.42. The first-order valence-electron chi connectivity index (χ1n) is 9.57. The Morgan fingerprint density at radius 1 is 1.34 bits per heavy atom. The molecular formula is C22H24ClNO5. The van der Waals surface area contributed by atoms with Crippen LogP contribution < -0.4 is 9.47 Å². The second kappa shape index (κ2) is 8.82. The second-order valence-corrected chi connectivity index (χ2v) is 7.77. The number of hydrogen-bond donors (Lipinski definition) is 1. The molecule has 1 heterocycles. The summed E-state index contributed by atoms with van der Waals surface area (Å²) in [5, 5.41) is 10.2. The van der Waals surface area contributed by atoms with Crippen molar-refractivity contribution in [3.63, 3.8) is 0 Å². The maximum atomic E-state index is 12.7. The van der Waals surface area contributed by atoms with Gasteiger partial charge in [-0.3, -0.25) is 9.59 Å². The minimum absolute atomic E-state index is 0.0309. The number of Topliss-reactive ketones (excluding diaryl/α,β-unsaturated/α-hetero) is 1. The maximum Gasteiger partial charge on any atom is 0.310 e. The number of carboxylic acids is 1. The lowest BCUT2D eigenvalue weighted by atomic mass is 9.93. The number of aliphatic carboxylic acids is 1. The number of ether oxygens (including phenoxy) is 2. The SMILES string of the molecule is CC[C@@H]1C[C@]1(CC(=O)c1cnc(OC)c(OCCc2cccc(Cl)c2)c1)C(=O)O. The van der Waals surface area contributed by atoms with E-state index in [9.17, 15) is 14.7 Å². The van der Waals surface area contributed by atoms with Crippen molar-refractivity contribution in [1.82, 2.24) is 4.98 Å². The first-order chi connectivity index (χ1) is 13.9. The van der Waals surface area contributed by atoms with E-state index in [2.05, 4.69) is 4.98 Å².